The zero-order valence-electron chi connectivity index (χ0n) is 18.1. The molecular formula is C23H24ClN5O2S. The van der Waals surface area contributed by atoms with Crippen LogP contribution in [0.15, 0.2) is 42.9 Å². The molecule has 1 aliphatic heterocycles. The Labute approximate surface area is 195 Å². The summed E-state index contributed by atoms with van der Waals surface area (Å²) in [6, 6.07) is 7.68. The second-order valence-electron chi connectivity index (χ2n) is 8.93. The summed E-state index contributed by atoms with van der Waals surface area (Å²) in [5.41, 5.74) is 2.24. The van der Waals surface area contributed by atoms with E-state index in [0.29, 0.717) is 6.54 Å². The van der Waals surface area contributed by atoms with Gasteiger partial charge in [-0.15, -0.1) is 0 Å². The minimum atomic E-state index is -0.522. The number of hydrogen-bond donors (Lipinski definition) is 1. The summed E-state index contributed by atoms with van der Waals surface area (Å²) < 4.78 is 7.59. The van der Waals surface area contributed by atoms with Crippen molar-refractivity contribution in [3.63, 3.8) is 0 Å². The molecule has 7 nitrogen and oxygen atoms in total. The Kier molecular flexibility index (Phi) is 5.22. The number of aromatic nitrogens is 4. The maximum Gasteiger partial charge on any atom is 0.410 e. The maximum absolute atomic E-state index is 12.6. The largest absolute Gasteiger partial charge is 0.444 e. The lowest BCUT2D eigenvalue weighted by atomic mass is 10.2. The highest BCUT2D eigenvalue weighted by atomic mass is 35.5. The number of thiazole rings is 1. The minimum absolute atomic E-state index is 0.112. The molecule has 4 aromatic rings. The van der Waals surface area contributed by atoms with Crippen LogP contribution in [0.2, 0.25) is 5.02 Å². The number of fused-ring (bicyclic) bond motifs is 1. The van der Waals surface area contributed by atoms with Gasteiger partial charge in [0.05, 0.1) is 22.8 Å². The summed E-state index contributed by atoms with van der Waals surface area (Å²) in [5.74, 6) is 0.765. The molecule has 1 aliphatic rings. The molecule has 166 valence electrons. The Balaban J connectivity index is 1.36. The molecule has 1 fully saturated rings. The topological polar surface area (TPSA) is 75.5 Å². The third kappa shape index (κ3) is 4.12. The number of imidazole rings is 2. The van der Waals surface area contributed by atoms with E-state index in [1.165, 1.54) is 0 Å². The van der Waals surface area contributed by atoms with Crippen molar-refractivity contribution in [3.8, 4) is 21.8 Å². The number of ether oxygens (including phenoxy) is 1. The van der Waals surface area contributed by atoms with E-state index in [0.717, 1.165) is 50.5 Å². The van der Waals surface area contributed by atoms with Crippen LogP contribution in [-0.4, -0.2) is 42.5 Å². The van der Waals surface area contributed by atoms with Gasteiger partial charge in [0.1, 0.15) is 17.1 Å². The molecule has 0 aliphatic carbocycles. The number of halogens is 1. The minimum Gasteiger partial charge on any atom is -0.444 e. The summed E-state index contributed by atoms with van der Waals surface area (Å²) in [5, 5.41) is 0.722. The van der Waals surface area contributed by atoms with Gasteiger partial charge in [0.25, 0.3) is 0 Å². The zero-order chi connectivity index (χ0) is 22.5. The predicted octanol–water partition coefficient (Wildman–Crippen LogP) is 6.18. The van der Waals surface area contributed by atoms with Gasteiger partial charge in [0.15, 0.2) is 4.96 Å². The molecule has 9 heteroatoms. The van der Waals surface area contributed by atoms with Gasteiger partial charge in [-0.3, -0.25) is 9.30 Å². The molecule has 0 unspecified atom stereocenters. The van der Waals surface area contributed by atoms with Crippen LogP contribution in [0, 0.1) is 0 Å². The molecule has 32 heavy (non-hydrogen) atoms. The summed E-state index contributed by atoms with van der Waals surface area (Å²) in [6.45, 7) is 6.31. The Morgan fingerprint density at radius 2 is 2.03 bits per heavy atom. The van der Waals surface area contributed by atoms with Crippen molar-refractivity contribution in [2.75, 3.05) is 6.54 Å². The summed E-state index contributed by atoms with van der Waals surface area (Å²) >= 11 is 7.62. The molecular weight excluding hydrogens is 446 g/mol. The predicted molar refractivity (Wildman–Crippen MR) is 126 cm³/mol. The standard InChI is InChI=1S/C23H24ClN5O2S/c1-23(2,3)31-22(30)29-10-4-5-18(29)20-25-11-16(26-20)17-12-28-13-19(32-21(28)27-17)14-6-8-15(24)9-7-14/h6-9,11-13,18H,4-5,10H2,1-3H3,(H,25,26)/t18-/m0/s1. The first-order valence-corrected chi connectivity index (χ1v) is 11.8. The fourth-order valence-corrected chi connectivity index (χ4v) is 5.00. The van der Waals surface area contributed by atoms with E-state index in [1.807, 2.05) is 55.6 Å². The fourth-order valence-electron chi connectivity index (χ4n) is 3.90. The van der Waals surface area contributed by atoms with Crippen molar-refractivity contribution in [2.24, 2.45) is 0 Å². The first kappa shape index (κ1) is 21.0. The Morgan fingerprint density at radius 3 is 2.75 bits per heavy atom. The van der Waals surface area contributed by atoms with E-state index in [9.17, 15) is 4.79 Å². The highest BCUT2D eigenvalue weighted by Gasteiger charge is 2.35. The van der Waals surface area contributed by atoms with Crippen LogP contribution in [0.25, 0.3) is 26.8 Å². The Hall–Kier alpha value is -2.84. The van der Waals surface area contributed by atoms with E-state index >= 15 is 0 Å². The lowest BCUT2D eigenvalue weighted by Gasteiger charge is -2.27. The number of carbonyl (C=O) groups excluding carboxylic acids is 1. The quantitative estimate of drug-likeness (QED) is 0.388. The van der Waals surface area contributed by atoms with E-state index in [1.54, 1.807) is 22.4 Å². The first-order chi connectivity index (χ1) is 15.3. The van der Waals surface area contributed by atoms with Gasteiger partial charge >= 0.3 is 6.09 Å². The molecule has 5 rings (SSSR count). The van der Waals surface area contributed by atoms with E-state index in [-0.39, 0.29) is 12.1 Å². The van der Waals surface area contributed by atoms with Crippen molar-refractivity contribution in [1.29, 1.82) is 0 Å². The molecule has 3 aromatic heterocycles. The van der Waals surface area contributed by atoms with Gasteiger partial charge in [-0.25, -0.2) is 14.8 Å². The number of rotatable bonds is 3. The molecule has 0 radical (unpaired) electrons. The van der Waals surface area contributed by atoms with Crippen LogP contribution >= 0.6 is 22.9 Å². The van der Waals surface area contributed by atoms with Gasteiger partial charge in [0, 0.05) is 24.0 Å². The SMILES string of the molecule is CC(C)(C)OC(=O)N1CCC[C@H]1c1ncc(-c2cn3cc(-c4ccc(Cl)cc4)sc3n2)[nH]1. The van der Waals surface area contributed by atoms with Gasteiger partial charge in [-0.1, -0.05) is 35.1 Å². The van der Waals surface area contributed by atoms with E-state index in [2.05, 4.69) is 16.2 Å². The van der Waals surface area contributed by atoms with E-state index in [4.69, 9.17) is 21.3 Å². The fraction of sp³-hybridized carbons (Fsp3) is 0.348. The summed E-state index contributed by atoms with van der Waals surface area (Å²) in [7, 11) is 0. The number of hydrogen-bond acceptors (Lipinski definition) is 5. The number of amides is 1. The summed E-state index contributed by atoms with van der Waals surface area (Å²) in [6.07, 6.45) is 7.33. The van der Waals surface area contributed by atoms with E-state index < -0.39 is 5.60 Å². The number of aromatic amines is 1. The van der Waals surface area contributed by atoms with Crippen LogP contribution in [0.3, 0.4) is 0 Å². The number of carbonyl (C=O) groups is 1. The molecule has 1 aromatic carbocycles. The molecule has 1 amide bonds. The van der Waals surface area contributed by atoms with Gasteiger partial charge < -0.3 is 9.72 Å². The van der Waals surface area contributed by atoms with Crippen molar-refractivity contribution in [2.45, 2.75) is 45.3 Å². The number of nitrogens with zero attached hydrogens (tertiary/aromatic N) is 4. The monoisotopic (exact) mass is 469 g/mol. The average Bonchev–Trinajstić information content (AvgIpc) is 3.48. The highest BCUT2D eigenvalue weighted by molar-refractivity contribution is 7.20. The first-order valence-electron chi connectivity index (χ1n) is 10.6. The van der Waals surface area contributed by atoms with Crippen molar-refractivity contribution in [3.05, 3.63) is 53.7 Å². The molecule has 4 heterocycles. The van der Waals surface area contributed by atoms with Crippen molar-refractivity contribution >= 4 is 34.0 Å². The average molecular weight is 470 g/mol. The lowest BCUT2D eigenvalue weighted by molar-refractivity contribution is 0.0218. The lowest BCUT2D eigenvalue weighted by Crippen LogP contribution is -2.36. The third-order valence-electron chi connectivity index (χ3n) is 5.35. The van der Waals surface area contributed by atoms with Crippen LogP contribution in [-0.2, 0) is 4.74 Å². The molecule has 1 saturated heterocycles. The van der Waals surface area contributed by atoms with Crippen LogP contribution in [0.5, 0.6) is 0 Å². The zero-order valence-corrected chi connectivity index (χ0v) is 19.7. The van der Waals surface area contributed by atoms with Crippen LogP contribution < -0.4 is 0 Å². The third-order valence-corrected chi connectivity index (χ3v) is 6.65. The van der Waals surface area contributed by atoms with Crippen molar-refractivity contribution in [1.82, 2.24) is 24.3 Å². The van der Waals surface area contributed by atoms with Gasteiger partial charge in [-0.2, -0.15) is 0 Å². The Morgan fingerprint density at radius 1 is 1.25 bits per heavy atom. The van der Waals surface area contributed by atoms with Crippen molar-refractivity contribution < 1.29 is 9.53 Å². The number of benzene rings is 1. The molecule has 0 bridgehead atoms. The number of nitrogens with one attached hydrogen (secondary N) is 1. The number of H-pyrrole nitrogens is 1. The highest BCUT2D eigenvalue weighted by Crippen LogP contribution is 2.34. The van der Waals surface area contributed by atoms with Crippen LogP contribution in [0.4, 0.5) is 4.79 Å². The molecule has 0 saturated carbocycles. The summed E-state index contributed by atoms with van der Waals surface area (Å²) in [4.78, 5) is 29.1. The maximum atomic E-state index is 12.6. The normalized spacial score (nSPS) is 16.8. The molecule has 1 atom stereocenters. The van der Waals surface area contributed by atoms with Crippen LogP contribution in [0.1, 0.15) is 45.5 Å². The van der Waals surface area contributed by atoms with Gasteiger partial charge in [-0.05, 0) is 51.3 Å². The second-order valence-corrected chi connectivity index (χ2v) is 10.4. The smallest absolute Gasteiger partial charge is 0.410 e. The Bertz CT molecular complexity index is 1240. The molecule has 1 N–H and O–H groups in total. The molecule has 0 spiro atoms. The van der Waals surface area contributed by atoms with Gasteiger partial charge in [0.2, 0.25) is 0 Å². The second kappa shape index (κ2) is 7.94. The number of likely N-dealkylation sites (tertiary alicyclic amines) is 1.